The topological polar surface area (TPSA) is 43.8 Å². The number of carbonyl (C=O) groups is 1. The Bertz CT molecular complexity index is 1160. The van der Waals surface area contributed by atoms with Gasteiger partial charge in [0.25, 0.3) is 5.91 Å². The summed E-state index contributed by atoms with van der Waals surface area (Å²) >= 11 is 0. The lowest BCUT2D eigenvalue weighted by Gasteiger charge is -2.38. The van der Waals surface area contributed by atoms with E-state index in [0.29, 0.717) is 18.5 Å². The van der Waals surface area contributed by atoms with Crippen molar-refractivity contribution in [2.24, 2.45) is 0 Å². The van der Waals surface area contributed by atoms with Gasteiger partial charge in [-0.1, -0.05) is 54.6 Å². The minimum atomic E-state index is -4.42. The van der Waals surface area contributed by atoms with Crippen LogP contribution in [-0.4, -0.2) is 40.2 Å². The molecule has 0 aromatic heterocycles. The van der Waals surface area contributed by atoms with Gasteiger partial charge in [0.1, 0.15) is 0 Å². The fraction of sp³-hybridized carbons (Fsp3) is 0.296. The number of hydrogen-bond donors (Lipinski definition) is 1. The van der Waals surface area contributed by atoms with Crippen molar-refractivity contribution >= 4 is 5.91 Å². The van der Waals surface area contributed by atoms with Gasteiger partial charge in [-0.2, -0.15) is 13.2 Å². The van der Waals surface area contributed by atoms with Crippen molar-refractivity contribution in [2.75, 3.05) is 13.2 Å². The van der Waals surface area contributed by atoms with E-state index in [2.05, 4.69) is 11.1 Å². The molecule has 0 bridgehead atoms. The van der Waals surface area contributed by atoms with Crippen LogP contribution < -0.4 is 0 Å². The lowest BCUT2D eigenvalue weighted by atomic mass is 9.79. The number of amides is 1. The first kappa shape index (κ1) is 22.6. The van der Waals surface area contributed by atoms with Crippen LogP contribution in [0.5, 0.6) is 0 Å². The molecule has 0 saturated carbocycles. The predicted octanol–water partition coefficient (Wildman–Crippen LogP) is 5.21. The molecule has 2 aliphatic rings. The number of rotatable bonds is 4. The lowest BCUT2D eigenvalue weighted by molar-refractivity contribution is -0.137. The van der Waals surface area contributed by atoms with Crippen molar-refractivity contribution in [2.45, 2.75) is 37.0 Å². The van der Waals surface area contributed by atoms with Gasteiger partial charge in [-0.15, -0.1) is 0 Å². The van der Waals surface area contributed by atoms with Crippen LogP contribution in [0.2, 0.25) is 0 Å². The van der Waals surface area contributed by atoms with Crippen molar-refractivity contribution in [1.29, 1.82) is 0 Å². The minimum Gasteiger partial charge on any atom is -0.396 e. The zero-order chi connectivity index (χ0) is 23.9. The molecule has 3 aromatic carbocycles. The Morgan fingerprint density at radius 2 is 1.62 bits per heavy atom. The second kappa shape index (κ2) is 8.89. The maximum atomic E-state index is 13.7. The minimum absolute atomic E-state index is 0.136. The van der Waals surface area contributed by atoms with Gasteiger partial charge >= 0.3 is 6.18 Å². The Labute approximate surface area is 196 Å². The molecule has 0 radical (unpaired) electrons. The van der Waals surface area contributed by atoms with Crippen molar-refractivity contribution in [1.82, 2.24) is 10.0 Å². The third-order valence-electron chi connectivity index (χ3n) is 6.93. The van der Waals surface area contributed by atoms with E-state index in [1.165, 1.54) is 17.7 Å². The average molecular weight is 467 g/mol. The molecule has 34 heavy (non-hydrogen) atoms. The number of alkyl halides is 3. The van der Waals surface area contributed by atoms with Crippen LogP contribution in [0, 0.1) is 0 Å². The first-order valence-corrected chi connectivity index (χ1v) is 11.4. The van der Waals surface area contributed by atoms with Gasteiger partial charge in [0.15, 0.2) is 0 Å². The highest BCUT2D eigenvalue weighted by molar-refractivity contribution is 5.94. The highest BCUT2D eigenvalue weighted by Gasteiger charge is 2.52. The van der Waals surface area contributed by atoms with E-state index in [-0.39, 0.29) is 24.5 Å². The van der Waals surface area contributed by atoms with Gasteiger partial charge in [0, 0.05) is 24.6 Å². The summed E-state index contributed by atoms with van der Waals surface area (Å²) < 4.78 is 39.7. The van der Waals surface area contributed by atoms with Crippen LogP contribution in [0.3, 0.4) is 0 Å². The highest BCUT2D eigenvalue weighted by Crippen LogP contribution is 2.51. The molecule has 2 aliphatic heterocycles. The van der Waals surface area contributed by atoms with Gasteiger partial charge in [-0.25, -0.2) is 5.01 Å². The molecule has 3 atom stereocenters. The van der Waals surface area contributed by atoms with Gasteiger partial charge in [0.05, 0.1) is 17.6 Å². The number of benzene rings is 3. The molecule has 1 amide bonds. The summed E-state index contributed by atoms with van der Waals surface area (Å²) in [5.41, 5.74) is 2.81. The van der Waals surface area contributed by atoms with E-state index in [1.54, 1.807) is 29.3 Å². The van der Waals surface area contributed by atoms with Gasteiger partial charge < -0.3 is 5.11 Å². The fourth-order valence-corrected chi connectivity index (χ4v) is 5.47. The Balaban J connectivity index is 1.64. The van der Waals surface area contributed by atoms with Gasteiger partial charge in [0.2, 0.25) is 0 Å². The van der Waals surface area contributed by atoms with Gasteiger partial charge in [-0.05, 0) is 53.8 Å². The van der Waals surface area contributed by atoms with E-state index in [1.807, 2.05) is 24.3 Å². The summed E-state index contributed by atoms with van der Waals surface area (Å²) in [6, 6.07) is 21.6. The summed E-state index contributed by atoms with van der Waals surface area (Å²) in [6.07, 6.45) is -3.34. The summed E-state index contributed by atoms with van der Waals surface area (Å²) in [4.78, 5) is 13.7. The predicted molar refractivity (Wildman–Crippen MR) is 122 cm³/mol. The molecule has 1 saturated heterocycles. The van der Waals surface area contributed by atoms with Crippen molar-refractivity contribution in [3.05, 3.63) is 107 Å². The van der Waals surface area contributed by atoms with Crippen LogP contribution in [0.4, 0.5) is 13.2 Å². The molecule has 5 rings (SSSR count). The summed E-state index contributed by atoms with van der Waals surface area (Å²) in [5, 5.41) is 13.7. The maximum Gasteiger partial charge on any atom is 0.416 e. The van der Waals surface area contributed by atoms with Gasteiger partial charge in [-0.3, -0.25) is 9.80 Å². The highest BCUT2D eigenvalue weighted by atomic mass is 19.4. The number of hydrazine groups is 1. The monoisotopic (exact) mass is 466 g/mol. The van der Waals surface area contributed by atoms with Crippen LogP contribution in [-0.2, 0) is 12.6 Å². The third-order valence-corrected chi connectivity index (χ3v) is 6.93. The number of halogens is 3. The van der Waals surface area contributed by atoms with E-state index >= 15 is 0 Å². The smallest absolute Gasteiger partial charge is 0.396 e. The molecular formula is C27H25F3N2O2. The van der Waals surface area contributed by atoms with E-state index < -0.39 is 17.8 Å². The Morgan fingerprint density at radius 3 is 2.29 bits per heavy atom. The molecule has 1 fully saturated rings. The third kappa shape index (κ3) is 3.89. The van der Waals surface area contributed by atoms with Crippen LogP contribution in [0.15, 0.2) is 78.9 Å². The number of aliphatic hydroxyl groups excluding tert-OH is 1. The van der Waals surface area contributed by atoms with Crippen molar-refractivity contribution in [3.8, 4) is 0 Å². The number of nitrogens with zero attached hydrogens (tertiary/aromatic N) is 2. The molecule has 3 aromatic rings. The molecule has 7 heteroatoms. The summed E-state index contributed by atoms with van der Waals surface area (Å²) in [6.45, 7) is 0.474. The van der Waals surface area contributed by atoms with Crippen LogP contribution in [0.1, 0.15) is 51.0 Å². The SMILES string of the molecule is O=C(c1ccccc1)N1[C@@H](CCO)C(c2ccc(C(F)(F)F)cc2)[C@H]2c3ccccc3CCN21. The molecule has 176 valence electrons. The summed E-state index contributed by atoms with van der Waals surface area (Å²) in [7, 11) is 0. The largest absolute Gasteiger partial charge is 0.416 e. The maximum absolute atomic E-state index is 13.7. The number of carbonyl (C=O) groups excluding carboxylic acids is 1. The number of aliphatic hydroxyl groups is 1. The Hall–Kier alpha value is -3.16. The van der Waals surface area contributed by atoms with Crippen LogP contribution in [0.25, 0.3) is 0 Å². The quantitative estimate of drug-likeness (QED) is 0.574. The molecule has 1 unspecified atom stereocenters. The number of fused-ring (bicyclic) bond motifs is 3. The fourth-order valence-electron chi connectivity index (χ4n) is 5.47. The molecular weight excluding hydrogens is 441 g/mol. The van der Waals surface area contributed by atoms with E-state index in [4.69, 9.17) is 0 Å². The standard InChI is InChI=1S/C27H25F3N2O2/c28-27(29,30)21-12-10-19(11-13-21)24-23(15-17-33)32(26(34)20-7-2-1-3-8-20)31-16-14-18-6-4-5-9-22(18)25(24)31/h1-13,23-25,33H,14-17H2/t23-,24?,25+/m0/s1. The average Bonchev–Trinajstić information content (AvgIpc) is 3.18. The second-order valence-corrected chi connectivity index (χ2v) is 8.80. The normalized spacial score (nSPS) is 22.4. The van der Waals surface area contributed by atoms with E-state index in [9.17, 15) is 23.1 Å². The van der Waals surface area contributed by atoms with Crippen molar-refractivity contribution in [3.63, 3.8) is 0 Å². The zero-order valence-corrected chi connectivity index (χ0v) is 18.4. The van der Waals surface area contributed by atoms with Crippen molar-refractivity contribution < 1.29 is 23.1 Å². The second-order valence-electron chi connectivity index (χ2n) is 8.80. The van der Waals surface area contributed by atoms with Crippen LogP contribution >= 0.6 is 0 Å². The summed E-state index contributed by atoms with van der Waals surface area (Å²) in [5.74, 6) is -0.457. The molecule has 0 aliphatic carbocycles. The number of hydrogen-bond acceptors (Lipinski definition) is 3. The van der Waals surface area contributed by atoms with E-state index in [0.717, 1.165) is 29.7 Å². The molecule has 2 heterocycles. The molecule has 1 N–H and O–H groups in total. The zero-order valence-electron chi connectivity index (χ0n) is 18.4. The molecule has 0 spiro atoms. The molecule has 4 nitrogen and oxygen atoms in total. The lowest BCUT2D eigenvalue weighted by Crippen LogP contribution is -2.48. The Morgan fingerprint density at radius 1 is 0.941 bits per heavy atom. The Kier molecular flexibility index (Phi) is 5.91. The first-order chi connectivity index (χ1) is 16.4. The first-order valence-electron chi connectivity index (χ1n) is 11.4.